The molecular weight excluding hydrogens is 432 g/mol. The van der Waals surface area contributed by atoms with Crippen molar-refractivity contribution in [1.82, 2.24) is 5.32 Å². The van der Waals surface area contributed by atoms with Crippen LogP contribution in [0.2, 0.25) is 0 Å². The first kappa shape index (κ1) is 24.4. The smallest absolute Gasteiger partial charge is 0.272 e. The molecule has 0 atom stereocenters. The maximum Gasteiger partial charge on any atom is 0.272 e. The Kier molecular flexibility index (Phi) is 8.68. The van der Waals surface area contributed by atoms with E-state index in [-0.39, 0.29) is 5.70 Å². The van der Waals surface area contributed by atoms with E-state index >= 15 is 0 Å². The highest BCUT2D eigenvalue weighted by molar-refractivity contribution is 6.10. The highest BCUT2D eigenvalue weighted by Gasteiger charge is 2.16. The van der Waals surface area contributed by atoms with Crippen LogP contribution >= 0.6 is 0 Å². The van der Waals surface area contributed by atoms with Crippen LogP contribution in [-0.4, -0.2) is 32.1 Å². The zero-order valence-corrected chi connectivity index (χ0v) is 19.5. The molecule has 3 aromatic rings. The van der Waals surface area contributed by atoms with Gasteiger partial charge in [-0.2, -0.15) is 0 Å². The minimum Gasteiger partial charge on any atom is -0.494 e. The fraction of sp³-hybridized carbons (Fsp3) is 0.185. The molecule has 2 amide bonds. The Morgan fingerprint density at radius 2 is 1.56 bits per heavy atom. The standard InChI is InChI=1S/C27H28N2O5/c1-4-33-22-14-12-21(13-15-22)28-27(31)23(29-26(30)20-9-7-6-8-10-20)17-19-11-16-24(34-5-2)25(18-19)32-3/h6-18H,4-5H2,1-3H3,(H,28,31)(H,29,30). The number of anilines is 1. The Bertz CT molecular complexity index is 1140. The van der Waals surface area contributed by atoms with Crippen LogP contribution in [-0.2, 0) is 4.79 Å². The van der Waals surface area contributed by atoms with Crippen molar-refractivity contribution in [2.24, 2.45) is 0 Å². The van der Waals surface area contributed by atoms with Gasteiger partial charge in [0.25, 0.3) is 11.8 Å². The van der Waals surface area contributed by atoms with Crippen LogP contribution in [0.3, 0.4) is 0 Å². The molecule has 0 bridgehead atoms. The zero-order valence-electron chi connectivity index (χ0n) is 19.5. The number of ether oxygens (including phenoxy) is 3. The topological polar surface area (TPSA) is 85.9 Å². The third-order valence-corrected chi connectivity index (χ3v) is 4.75. The number of benzene rings is 3. The average molecular weight is 461 g/mol. The first-order valence-corrected chi connectivity index (χ1v) is 11.0. The summed E-state index contributed by atoms with van der Waals surface area (Å²) in [6, 6.07) is 21.0. The molecule has 0 heterocycles. The maximum atomic E-state index is 13.1. The van der Waals surface area contributed by atoms with Crippen molar-refractivity contribution in [3.05, 3.63) is 89.6 Å². The quantitative estimate of drug-likeness (QED) is 0.420. The van der Waals surface area contributed by atoms with E-state index in [0.717, 1.165) is 0 Å². The van der Waals surface area contributed by atoms with Crippen LogP contribution in [0.4, 0.5) is 5.69 Å². The summed E-state index contributed by atoms with van der Waals surface area (Å²) in [6.45, 7) is 4.83. The van der Waals surface area contributed by atoms with Gasteiger partial charge in [0.1, 0.15) is 11.4 Å². The molecule has 0 unspecified atom stereocenters. The number of nitrogens with one attached hydrogen (secondary N) is 2. The van der Waals surface area contributed by atoms with Crippen LogP contribution in [0.25, 0.3) is 6.08 Å². The SMILES string of the molecule is CCOc1ccc(NC(=O)C(=Cc2ccc(OCC)c(OC)c2)NC(=O)c2ccccc2)cc1. The molecule has 3 aromatic carbocycles. The van der Waals surface area contributed by atoms with Gasteiger partial charge in [-0.3, -0.25) is 9.59 Å². The number of hydrogen-bond donors (Lipinski definition) is 2. The summed E-state index contributed by atoms with van der Waals surface area (Å²) in [4.78, 5) is 25.9. The first-order chi connectivity index (χ1) is 16.5. The molecule has 0 aromatic heterocycles. The maximum absolute atomic E-state index is 13.1. The molecule has 2 N–H and O–H groups in total. The number of methoxy groups -OCH3 is 1. The molecule has 176 valence electrons. The van der Waals surface area contributed by atoms with E-state index in [1.807, 2.05) is 19.9 Å². The number of rotatable bonds is 10. The van der Waals surface area contributed by atoms with E-state index in [9.17, 15) is 9.59 Å². The van der Waals surface area contributed by atoms with E-state index < -0.39 is 11.8 Å². The van der Waals surface area contributed by atoms with Gasteiger partial charge < -0.3 is 24.8 Å². The second-order valence-corrected chi connectivity index (χ2v) is 7.13. The minimum absolute atomic E-state index is 0.0777. The summed E-state index contributed by atoms with van der Waals surface area (Å²) in [5, 5.41) is 5.54. The molecule has 0 spiro atoms. The Labute approximate surface area is 199 Å². The van der Waals surface area contributed by atoms with Crippen LogP contribution in [0, 0.1) is 0 Å². The predicted molar refractivity (Wildman–Crippen MR) is 132 cm³/mol. The monoisotopic (exact) mass is 460 g/mol. The lowest BCUT2D eigenvalue weighted by atomic mass is 10.1. The summed E-state index contributed by atoms with van der Waals surface area (Å²) < 4.78 is 16.4. The Morgan fingerprint density at radius 1 is 0.853 bits per heavy atom. The van der Waals surface area contributed by atoms with Gasteiger partial charge in [-0.05, 0) is 74.0 Å². The summed E-state index contributed by atoms with van der Waals surface area (Å²) >= 11 is 0. The van der Waals surface area contributed by atoms with Crippen LogP contribution in [0.5, 0.6) is 17.2 Å². The number of hydrogen-bond acceptors (Lipinski definition) is 5. The summed E-state index contributed by atoms with van der Waals surface area (Å²) in [6.07, 6.45) is 1.59. The molecule has 34 heavy (non-hydrogen) atoms. The molecule has 7 heteroatoms. The van der Waals surface area contributed by atoms with Crippen LogP contribution in [0.15, 0.2) is 78.5 Å². The number of carbonyl (C=O) groups is 2. The van der Waals surface area contributed by atoms with Crippen LogP contribution < -0.4 is 24.8 Å². The minimum atomic E-state index is -0.471. The molecule has 0 aliphatic carbocycles. The fourth-order valence-corrected chi connectivity index (χ4v) is 3.16. The van der Waals surface area contributed by atoms with Crippen molar-refractivity contribution < 1.29 is 23.8 Å². The number of carbonyl (C=O) groups excluding carboxylic acids is 2. The second kappa shape index (κ2) is 12.1. The third kappa shape index (κ3) is 6.62. The van der Waals surface area contributed by atoms with E-state index in [4.69, 9.17) is 14.2 Å². The Balaban J connectivity index is 1.89. The Hall–Kier alpha value is -4.26. The molecule has 7 nitrogen and oxygen atoms in total. The zero-order chi connectivity index (χ0) is 24.3. The molecule has 0 aliphatic heterocycles. The van der Waals surface area contributed by atoms with Crippen molar-refractivity contribution in [2.45, 2.75) is 13.8 Å². The van der Waals surface area contributed by atoms with E-state index in [0.29, 0.717) is 47.3 Å². The highest BCUT2D eigenvalue weighted by atomic mass is 16.5. The number of amides is 2. The summed E-state index contributed by atoms with van der Waals surface area (Å²) in [7, 11) is 1.54. The van der Waals surface area contributed by atoms with Gasteiger partial charge in [0.05, 0.1) is 20.3 Å². The summed E-state index contributed by atoms with van der Waals surface area (Å²) in [5.74, 6) is 0.954. The Morgan fingerprint density at radius 3 is 2.21 bits per heavy atom. The molecule has 0 saturated carbocycles. The van der Waals surface area contributed by atoms with Gasteiger partial charge in [0.15, 0.2) is 11.5 Å². The molecule has 0 saturated heterocycles. The van der Waals surface area contributed by atoms with Gasteiger partial charge >= 0.3 is 0 Å². The van der Waals surface area contributed by atoms with Crippen molar-refractivity contribution in [3.8, 4) is 17.2 Å². The average Bonchev–Trinajstić information content (AvgIpc) is 2.86. The summed E-state index contributed by atoms with van der Waals surface area (Å²) in [5.41, 5.74) is 1.74. The molecule has 0 aliphatic rings. The van der Waals surface area contributed by atoms with E-state index in [1.54, 1.807) is 79.9 Å². The lowest BCUT2D eigenvalue weighted by molar-refractivity contribution is -0.113. The van der Waals surface area contributed by atoms with Crippen LogP contribution in [0.1, 0.15) is 29.8 Å². The predicted octanol–water partition coefficient (Wildman–Crippen LogP) is 4.90. The third-order valence-electron chi connectivity index (χ3n) is 4.75. The molecular formula is C27H28N2O5. The van der Waals surface area contributed by atoms with Gasteiger partial charge in [-0.15, -0.1) is 0 Å². The van der Waals surface area contributed by atoms with Gasteiger partial charge in [0, 0.05) is 11.3 Å². The lowest BCUT2D eigenvalue weighted by Gasteiger charge is -2.13. The normalized spacial score (nSPS) is 10.9. The van der Waals surface area contributed by atoms with Crippen molar-refractivity contribution >= 4 is 23.6 Å². The molecule has 0 radical (unpaired) electrons. The van der Waals surface area contributed by atoms with Crippen molar-refractivity contribution in [2.75, 3.05) is 25.6 Å². The van der Waals surface area contributed by atoms with E-state index in [1.165, 1.54) is 0 Å². The highest BCUT2D eigenvalue weighted by Crippen LogP contribution is 2.29. The fourth-order valence-electron chi connectivity index (χ4n) is 3.16. The molecule has 3 rings (SSSR count). The second-order valence-electron chi connectivity index (χ2n) is 7.13. The van der Waals surface area contributed by atoms with Gasteiger partial charge in [-0.1, -0.05) is 24.3 Å². The van der Waals surface area contributed by atoms with Gasteiger partial charge in [-0.25, -0.2) is 0 Å². The molecule has 0 fully saturated rings. The van der Waals surface area contributed by atoms with Crippen molar-refractivity contribution in [3.63, 3.8) is 0 Å². The first-order valence-electron chi connectivity index (χ1n) is 11.0. The largest absolute Gasteiger partial charge is 0.494 e. The lowest BCUT2D eigenvalue weighted by Crippen LogP contribution is -2.30. The van der Waals surface area contributed by atoms with Gasteiger partial charge in [0.2, 0.25) is 0 Å². The van der Waals surface area contributed by atoms with Crippen molar-refractivity contribution in [1.29, 1.82) is 0 Å². The van der Waals surface area contributed by atoms with E-state index in [2.05, 4.69) is 10.6 Å².